The Bertz CT molecular complexity index is 1320. The number of aromatic nitrogens is 2. The standard InChI is InChI=1S/C23H18F8N4O/c24-12-1-2-14(16(26)7-12)21-19-10-34(3-4-35(19)22(33-21)23(29,30)31)20(36)8-13(32)5-11-6-17(27)18(28)9-15(11)25/h1-2,6-7,9,13H,3-5,8,10,32H2/t13-/m1/s1. The molecule has 4 rings (SSSR count). The fourth-order valence-electron chi connectivity index (χ4n) is 4.12. The van der Waals surface area contributed by atoms with Gasteiger partial charge in [0.25, 0.3) is 0 Å². The smallest absolute Gasteiger partial charge is 0.335 e. The number of carbonyl (C=O) groups is 1. The summed E-state index contributed by atoms with van der Waals surface area (Å²) in [4.78, 5) is 17.6. The molecule has 0 spiro atoms. The van der Waals surface area contributed by atoms with E-state index in [-0.39, 0.29) is 55.0 Å². The van der Waals surface area contributed by atoms with Gasteiger partial charge < -0.3 is 15.2 Å². The molecular formula is C23H18F8N4O. The van der Waals surface area contributed by atoms with Crippen molar-refractivity contribution >= 4 is 5.91 Å². The number of hydrogen-bond donors (Lipinski definition) is 1. The first-order chi connectivity index (χ1) is 16.8. The molecule has 0 aliphatic carbocycles. The van der Waals surface area contributed by atoms with Gasteiger partial charge in [-0.15, -0.1) is 0 Å². The first kappa shape index (κ1) is 25.6. The molecule has 36 heavy (non-hydrogen) atoms. The number of hydrogen-bond acceptors (Lipinski definition) is 3. The first-order valence-corrected chi connectivity index (χ1v) is 10.6. The number of nitrogens with two attached hydrogens (primary N) is 1. The topological polar surface area (TPSA) is 64.2 Å². The molecule has 0 unspecified atom stereocenters. The number of nitrogens with zero attached hydrogens (tertiary/aromatic N) is 3. The van der Waals surface area contributed by atoms with E-state index in [0.29, 0.717) is 18.2 Å². The minimum atomic E-state index is -4.87. The van der Waals surface area contributed by atoms with E-state index < -0.39 is 53.0 Å². The monoisotopic (exact) mass is 518 g/mol. The highest BCUT2D eigenvalue weighted by atomic mass is 19.4. The summed E-state index contributed by atoms with van der Waals surface area (Å²) < 4.78 is 110. The molecule has 0 saturated carbocycles. The number of imidazole rings is 1. The maximum absolute atomic E-state index is 14.4. The van der Waals surface area contributed by atoms with Crippen molar-refractivity contribution in [1.82, 2.24) is 14.5 Å². The fourth-order valence-corrected chi connectivity index (χ4v) is 4.12. The second-order valence-electron chi connectivity index (χ2n) is 8.35. The third-order valence-corrected chi connectivity index (χ3v) is 5.81. The Kier molecular flexibility index (Phi) is 6.78. The van der Waals surface area contributed by atoms with E-state index in [1.807, 2.05) is 0 Å². The van der Waals surface area contributed by atoms with Crippen LogP contribution in [0.1, 0.15) is 23.5 Å². The van der Waals surface area contributed by atoms with Gasteiger partial charge in [-0.25, -0.2) is 26.9 Å². The summed E-state index contributed by atoms with van der Waals surface area (Å²) in [6.07, 6.45) is -5.55. The van der Waals surface area contributed by atoms with Crippen LogP contribution in [0.2, 0.25) is 0 Å². The van der Waals surface area contributed by atoms with Gasteiger partial charge >= 0.3 is 6.18 Å². The molecule has 1 amide bonds. The molecule has 0 bridgehead atoms. The molecule has 1 atom stereocenters. The quantitative estimate of drug-likeness (QED) is 0.398. The van der Waals surface area contributed by atoms with Gasteiger partial charge in [0.2, 0.25) is 11.7 Å². The number of amides is 1. The third kappa shape index (κ3) is 5.06. The molecule has 192 valence electrons. The van der Waals surface area contributed by atoms with Crippen LogP contribution >= 0.6 is 0 Å². The van der Waals surface area contributed by atoms with Gasteiger partial charge in [0, 0.05) is 43.2 Å². The molecule has 13 heteroatoms. The molecule has 2 aromatic carbocycles. The van der Waals surface area contributed by atoms with Gasteiger partial charge in [-0.3, -0.25) is 4.79 Å². The van der Waals surface area contributed by atoms with Crippen LogP contribution in [0.5, 0.6) is 0 Å². The Labute approximate surface area is 199 Å². The summed E-state index contributed by atoms with van der Waals surface area (Å²) in [7, 11) is 0. The summed E-state index contributed by atoms with van der Waals surface area (Å²) in [5.41, 5.74) is 4.81. The van der Waals surface area contributed by atoms with Gasteiger partial charge in [0.1, 0.15) is 17.5 Å². The number of halogens is 8. The normalized spacial score (nSPS) is 14.6. The predicted molar refractivity (Wildman–Crippen MR) is 111 cm³/mol. The molecule has 2 N–H and O–H groups in total. The first-order valence-electron chi connectivity index (χ1n) is 10.6. The molecule has 0 radical (unpaired) electrons. The van der Waals surface area contributed by atoms with Crippen LogP contribution in [0.4, 0.5) is 35.1 Å². The summed E-state index contributed by atoms with van der Waals surface area (Å²) in [6, 6.07) is 2.33. The second-order valence-corrected chi connectivity index (χ2v) is 8.35. The molecule has 1 aromatic heterocycles. The SMILES string of the molecule is N[C@@H](CC(=O)N1CCn2c(C(F)(F)F)nc(-c3ccc(F)cc3F)c2C1)Cc1cc(F)c(F)cc1F. The molecular weight excluding hydrogens is 500 g/mol. The lowest BCUT2D eigenvalue weighted by Crippen LogP contribution is -2.42. The van der Waals surface area contributed by atoms with Gasteiger partial charge in [-0.2, -0.15) is 13.2 Å². The third-order valence-electron chi connectivity index (χ3n) is 5.81. The molecule has 5 nitrogen and oxygen atoms in total. The van der Waals surface area contributed by atoms with E-state index in [0.717, 1.165) is 16.7 Å². The highest BCUT2D eigenvalue weighted by Crippen LogP contribution is 2.37. The van der Waals surface area contributed by atoms with E-state index in [9.17, 15) is 39.9 Å². The Morgan fingerprint density at radius 2 is 1.67 bits per heavy atom. The van der Waals surface area contributed by atoms with Crippen LogP contribution in [0.15, 0.2) is 30.3 Å². The van der Waals surface area contributed by atoms with Crippen LogP contribution in [0, 0.1) is 29.1 Å². The molecule has 1 aliphatic rings. The number of benzene rings is 2. The van der Waals surface area contributed by atoms with Crippen molar-refractivity contribution in [3.05, 3.63) is 76.5 Å². The van der Waals surface area contributed by atoms with E-state index in [2.05, 4.69) is 4.98 Å². The average molecular weight is 518 g/mol. The van der Waals surface area contributed by atoms with Gasteiger partial charge in [0.05, 0.1) is 17.9 Å². The minimum Gasteiger partial charge on any atom is -0.335 e. The van der Waals surface area contributed by atoms with Gasteiger partial charge in [-0.05, 0) is 30.2 Å². The molecule has 0 saturated heterocycles. The lowest BCUT2D eigenvalue weighted by atomic mass is 10.0. The lowest BCUT2D eigenvalue weighted by molar-refractivity contribution is -0.148. The van der Waals surface area contributed by atoms with Crippen molar-refractivity contribution < 1.29 is 39.9 Å². The average Bonchev–Trinajstić information content (AvgIpc) is 3.16. The van der Waals surface area contributed by atoms with Gasteiger partial charge in [-0.1, -0.05) is 0 Å². The molecule has 0 fully saturated rings. The van der Waals surface area contributed by atoms with Crippen LogP contribution < -0.4 is 5.73 Å². The second kappa shape index (κ2) is 9.52. The fraction of sp³-hybridized carbons (Fsp3) is 0.304. The zero-order valence-corrected chi connectivity index (χ0v) is 18.4. The van der Waals surface area contributed by atoms with Crippen LogP contribution in [-0.2, 0) is 30.5 Å². The lowest BCUT2D eigenvalue weighted by Gasteiger charge is -2.30. The summed E-state index contributed by atoms with van der Waals surface area (Å²) in [6.45, 7) is -0.831. The Morgan fingerprint density at radius 3 is 2.33 bits per heavy atom. The largest absolute Gasteiger partial charge is 0.449 e. The molecule has 3 aromatic rings. The molecule has 1 aliphatic heterocycles. The Hall–Kier alpha value is -3.48. The summed E-state index contributed by atoms with van der Waals surface area (Å²) in [5, 5.41) is 0. The molecule has 2 heterocycles. The Morgan fingerprint density at radius 1 is 0.972 bits per heavy atom. The van der Waals surface area contributed by atoms with E-state index in [1.54, 1.807) is 0 Å². The maximum atomic E-state index is 14.4. The summed E-state index contributed by atoms with van der Waals surface area (Å²) in [5.74, 6) is -7.63. The van der Waals surface area contributed by atoms with Crippen molar-refractivity contribution in [2.24, 2.45) is 5.73 Å². The van der Waals surface area contributed by atoms with Crippen molar-refractivity contribution in [2.45, 2.75) is 38.1 Å². The van der Waals surface area contributed by atoms with Gasteiger partial charge in [0.15, 0.2) is 11.6 Å². The highest BCUT2D eigenvalue weighted by Gasteiger charge is 2.41. The van der Waals surface area contributed by atoms with Crippen LogP contribution in [-0.4, -0.2) is 32.9 Å². The van der Waals surface area contributed by atoms with Crippen molar-refractivity contribution in [3.63, 3.8) is 0 Å². The zero-order chi connectivity index (χ0) is 26.4. The van der Waals surface area contributed by atoms with E-state index in [1.165, 1.54) is 4.90 Å². The van der Waals surface area contributed by atoms with Crippen molar-refractivity contribution in [3.8, 4) is 11.3 Å². The van der Waals surface area contributed by atoms with Crippen LogP contribution in [0.25, 0.3) is 11.3 Å². The number of carbonyl (C=O) groups excluding carboxylic acids is 1. The van der Waals surface area contributed by atoms with E-state index >= 15 is 0 Å². The Balaban J connectivity index is 1.57. The number of rotatable bonds is 5. The highest BCUT2D eigenvalue weighted by molar-refractivity contribution is 5.77. The van der Waals surface area contributed by atoms with Crippen LogP contribution in [0.3, 0.4) is 0 Å². The van der Waals surface area contributed by atoms with Crippen molar-refractivity contribution in [1.29, 1.82) is 0 Å². The van der Waals surface area contributed by atoms with Crippen molar-refractivity contribution in [2.75, 3.05) is 6.54 Å². The zero-order valence-electron chi connectivity index (χ0n) is 18.4. The number of fused-ring (bicyclic) bond motifs is 1. The number of alkyl halides is 3. The van der Waals surface area contributed by atoms with E-state index in [4.69, 9.17) is 5.73 Å². The maximum Gasteiger partial charge on any atom is 0.449 e. The summed E-state index contributed by atoms with van der Waals surface area (Å²) >= 11 is 0. The minimum absolute atomic E-state index is 0.104. The predicted octanol–water partition coefficient (Wildman–Crippen LogP) is 4.57.